The van der Waals surface area contributed by atoms with Gasteiger partial charge in [-0.25, -0.2) is 0 Å². The van der Waals surface area contributed by atoms with Gasteiger partial charge >= 0.3 is 0 Å². The molecule has 2 rings (SSSR count). The average Bonchev–Trinajstić information content (AvgIpc) is 2.37. The number of nitrogens with one attached hydrogen (secondary N) is 1. The lowest BCUT2D eigenvalue weighted by atomic mass is 10.2. The topological polar surface area (TPSA) is 24.4 Å². The van der Waals surface area contributed by atoms with Crippen LogP contribution in [0.2, 0.25) is 10.0 Å². The van der Waals surface area contributed by atoms with Gasteiger partial charge in [0.15, 0.2) is 0 Å². The summed E-state index contributed by atoms with van der Waals surface area (Å²) in [5, 5.41) is 5.16. The summed E-state index contributed by atoms with van der Waals surface area (Å²) in [6.07, 6.45) is 1.65. The van der Waals surface area contributed by atoms with Gasteiger partial charge < -0.3 is 0 Å². The van der Waals surface area contributed by atoms with Gasteiger partial charge in [-0.15, -0.1) is 0 Å². The van der Waals surface area contributed by atoms with E-state index >= 15 is 0 Å². The fraction of sp³-hybridized carbons (Fsp3) is 0.0714. The van der Waals surface area contributed by atoms with Crippen LogP contribution in [0.25, 0.3) is 0 Å². The third-order valence-electron chi connectivity index (χ3n) is 2.43. The molecule has 2 nitrogen and oxygen atoms in total. The lowest BCUT2D eigenvalue weighted by molar-refractivity contribution is 1.34. The number of nitrogens with zero attached hydrogens (tertiary/aromatic N) is 1. The third kappa shape index (κ3) is 3.25. The Morgan fingerprint density at radius 1 is 1.06 bits per heavy atom. The summed E-state index contributed by atoms with van der Waals surface area (Å²) >= 11 is 12.0. The van der Waals surface area contributed by atoms with Crippen LogP contribution in [0, 0.1) is 6.92 Å². The molecule has 18 heavy (non-hydrogen) atoms. The number of anilines is 1. The van der Waals surface area contributed by atoms with Gasteiger partial charge in [0, 0.05) is 5.56 Å². The number of hydrazone groups is 1. The van der Waals surface area contributed by atoms with E-state index in [1.54, 1.807) is 12.3 Å². The van der Waals surface area contributed by atoms with Gasteiger partial charge in [-0.05, 0) is 25.1 Å². The third-order valence-corrected chi connectivity index (χ3v) is 3.26. The molecule has 0 aliphatic carbocycles. The highest BCUT2D eigenvalue weighted by molar-refractivity contribution is 6.43. The Kier molecular flexibility index (Phi) is 4.24. The monoisotopic (exact) mass is 278 g/mol. The van der Waals surface area contributed by atoms with Crippen LogP contribution in [0.15, 0.2) is 47.6 Å². The molecule has 0 aliphatic rings. The molecule has 0 bridgehead atoms. The first-order valence-corrected chi connectivity index (χ1v) is 6.22. The van der Waals surface area contributed by atoms with Crippen molar-refractivity contribution in [3.8, 4) is 0 Å². The zero-order valence-electron chi connectivity index (χ0n) is 9.82. The number of hydrogen-bond donors (Lipinski definition) is 1. The molecule has 2 aromatic rings. The van der Waals surface area contributed by atoms with E-state index in [2.05, 4.69) is 10.5 Å². The maximum atomic E-state index is 6.04. The molecule has 0 amide bonds. The van der Waals surface area contributed by atoms with Crippen molar-refractivity contribution < 1.29 is 0 Å². The molecule has 0 unspecified atom stereocenters. The fourth-order valence-corrected chi connectivity index (χ4v) is 1.78. The van der Waals surface area contributed by atoms with Crippen molar-refractivity contribution in [3.63, 3.8) is 0 Å². The van der Waals surface area contributed by atoms with Crippen molar-refractivity contribution >= 4 is 35.1 Å². The number of rotatable bonds is 3. The Morgan fingerprint density at radius 2 is 1.78 bits per heavy atom. The van der Waals surface area contributed by atoms with Crippen LogP contribution in [-0.2, 0) is 0 Å². The molecular formula is C14H12Cl2N2. The van der Waals surface area contributed by atoms with E-state index in [9.17, 15) is 0 Å². The molecule has 0 saturated heterocycles. The molecule has 0 heterocycles. The van der Waals surface area contributed by atoms with Crippen molar-refractivity contribution in [3.05, 3.63) is 63.6 Å². The normalized spacial score (nSPS) is 10.8. The van der Waals surface area contributed by atoms with Gasteiger partial charge in [0.25, 0.3) is 0 Å². The van der Waals surface area contributed by atoms with Crippen molar-refractivity contribution in [2.75, 3.05) is 5.43 Å². The van der Waals surface area contributed by atoms with Crippen LogP contribution in [-0.4, -0.2) is 6.21 Å². The Bertz CT molecular complexity index is 563. The highest BCUT2D eigenvalue weighted by atomic mass is 35.5. The van der Waals surface area contributed by atoms with Gasteiger partial charge in [0.2, 0.25) is 0 Å². The molecule has 0 saturated carbocycles. The highest BCUT2D eigenvalue weighted by Gasteiger charge is 2.00. The standard InChI is InChI=1S/C14H12Cl2N2/c1-10-5-7-12(8-6-10)18-17-9-11-3-2-4-13(15)14(11)16/h2-9,18H,1H3/b17-9-. The summed E-state index contributed by atoms with van der Waals surface area (Å²) < 4.78 is 0. The first kappa shape index (κ1) is 12.9. The van der Waals surface area contributed by atoms with Crippen LogP contribution >= 0.6 is 23.2 Å². The van der Waals surface area contributed by atoms with Crippen molar-refractivity contribution in [2.45, 2.75) is 6.92 Å². The van der Waals surface area contributed by atoms with Gasteiger partial charge in [-0.3, -0.25) is 5.43 Å². The Hall–Kier alpha value is -1.51. The largest absolute Gasteiger partial charge is 0.279 e. The second kappa shape index (κ2) is 5.89. The van der Waals surface area contributed by atoms with Gasteiger partial charge in [-0.2, -0.15) is 5.10 Å². The van der Waals surface area contributed by atoms with Gasteiger partial charge in [-0.1, -0.05) is 53.0 Å². The molecule has 1 N–H and O–H groups in total. The second-order valence-corrected chi connectivity index (χ2v) is 4.66. The summed E-state index contributed by atoms with van der Waals surface area (Å²) in [4.78, 5) is 0. The van der Waals surface area contributed by atoms with E-state index in [4.69, 9.17) is 23.2 Å². The second-order valence-electron chi connectivity index (χ2n) is 3.88. The summed E-state index contributed by atoms with van der Waals surface area (Å²) in [6.45, 7) is 2.04. The lowest BCUT2D eigenvalue weighted by Crippen LogP contribution is -1.91. The first-order valence-electron chi connectivity index (χ1n) is 5.46. The van der Waals surface area contributed by atoms with E-state index in [0.717, 1.165) is 11.3 Å². The van der Waals surface area contributed by atoms with E-state index in [-0.39, 0.29) is 0 Å². The lowest BCUT2D eigenvalue weighted by Gasteiger charge is -2.02. The smallest absolute Gasteiger partial charge is 0.0680 e. The molecule has 0 radical (unpaired) electrons. The van der Waals surface area contributed by atoms with E-state index in [0.29, 0.717) is 10.0 Å². The molecule has 0 spiro atoms. The van der Waals surface area contributed by atoms with Crippen molar-refractivity contribution in [2.24, 2.45) is 5.10 Å². The molecule has 0 atom stereocenters. The highest BCUT2D eigenvalue weighted by Crippen LogP contribution is 2.24. The first-order chi connectivity index (χ1) is 8.66. The fourth-order valence-electron chi connectivity index (χ4n) is 1.42. The molecular weight excluding hydrogens is 267 g/mol. The van der Waals surface area contributed by atoms with Gasteiger partial charge in [0.05, 0.1) is 21.9 Å². The minimum Gasteiger partial charge on any atom is -0.279 e. The molecule has 0 aliphatic heterocycles. The number of benzene rings is 2. The van der Waals surface area contributed by atoms with Crippen LogP contribution in [0.5, 0.6) is 0 Å². The van der Waals surface area contributed by atoms with Crippen molar-refractivity contribution in [1.82, 2.24) is 0 Å². The maximum absolute atomic E-state index is 6.04. The van der Waals surface area contributed by atoms with Gasteiger partial charge in [0.1, 0.15) is 0 Å². The summed E-state index contributed by atoms with van der Waals surface area (Å²) in [6, 6.07) is 13.4. The molecule has 0 aromatic heterocycles. The number of halogens is 2. The van der Waals surface area contributed by atoms with Crippen molar-refractivity contribution in [1.29, 1.82) is 0 Å². The predicted molar refractivity (Wildman–Crippen MR) is 78.9 cm³/mol. The minimum absolute atomic E-state index is 0.508. The van der Waals surface area contributed by atoms with Crippen LogP contribution in [0.3, 0.4) is 0 Å². The Morgan fingerprint density at radius 3 is 2.50 bits per heavy atom. The molecule has 4 heteroatoms. The summed E-state index contributed by atoms with van der Waals surface area (Å²) in [5.74, 6) is 0. The summed E-state index contributed by atoms with van der Waals surface area (Å²) in [7, 11) is 0. The molecule has 2 aromatic carbocycles. The van der Waals surface area contributed by atoms with E-state index in [1.807, 2.05) is 43.3 Å². The number of hydrogen-bond acceptors (Lipinski definition) is 2. The summed E-state index contributed by atoms with van der Waals surface area (Å²) in [5.41, 5.74) is 5.85. The SMILES string of the molecule is Cc1ccc(N/N=C\c2cccc(Cl)c2Cl)cc1. The van der Waals surface area contributed by atoms with Crippen LogP contribution < -0.4 is 5.43 Å². The van der Waals surface area contributed by atoms with E-state index in [1.165, 1.54) is 5.56 Å². The Labute approximate surface area is 116 Å². The number of aryl methyl sites for hydroxylation is 1. The van der Waals surface area contributed by atoms with Crippen LogP contribution in [0.4, 0.5) is 5.69 Å². The zero-order chi connectivity index (χ0) is 13.0. The quantitative estimate of drug-likeness (QED) is 0.636. The average molecular weight is 279 g/mol. The van der Waals surface area contributed by atoms with Crippen LogP contribution in [0.1, 0.15) is 11.1 Å². The molecule has 92 valence electrons. The minimum atomic E-state index is 0.508. The predicted octanol–water partition coefficient (Wildman–Crippen LogP) is 4.75. The van der Waals surface area contributed by atoms with E-state index < -0.39 is 0 Å². The maximum Gasteiger partial charge on any atom is 0.0680 e. The zero-order valence-corrected chi connectivity index (χ0v) is 11.3. The Balaban J connectivity index is 2.07. The molecule has 0 fully saturated rings.